The molecule has 0 fully saturated rings. The molecule has 1 aromatic heterocycles. The number of aromatic nitrogens is 1. The SMILES string of the molecule is CCc1cnc(C2=NC(C)(C(C)C)C(=O)N2)c(C(=O)O)c1.N#Cc1cc(I)c(O)c(I)c1.N#Cc1cc(I)c(O)c(I)c1. The first-order valence-corrected chi connectivity index (χ1v) is 16.7. The minimum absolute atomic E-state index is 0.00167. The minimum atomic E-state index is -1.08. The van der Waals surface area contributed by atoms with E-state index < -0.39 is 11.5 Å². The lowest BCUT2D eigenvalue weighted by Gasteiger charge is -2.21. The maximum atomic E-state index is 12.1. The van der Waals surface area contributed by atoms with Crippen LogP contribution in [-0.2, 0) is 11.2 Å². The van der Waals surface area contributed by atoms with Gasteiger partial charge in [0.25, 0.3) is 5.91 Å². The number of nitrogens with one attached hydrogen (secondary N) is 1. The van der Waals surface area contributed by atoms with Crippen molar-refractivity contribution in [3.8, 4) is 23.6 Å². The molecule has 0 saturated carbocycles. The Labute approximate surface area is 303 Å². The van der Waals surface area contributed by atoms with Gasteiger partial charge in [-0.25, -0.2) is 9.79 Å². The number of halogens is 4. The van der Waals surface area contributed by atoms with Gasteiger partial charge >= 0.3 is 5.97 Å². The molecule has 3 aromatic rings. The van der Waals surface area contributed by atoms with Gasteiger partial charge in [0.1, 0.15) is 22.7 Å². The number of benzene rings is 2. The van der Waals surface area contributed by atoms with Crippen LogP contribution in [0.25, 0.3) is 0 Å². The van der Waals surface area contributed by atoms with Crippen molar-refractivity contribution >= 4 is 108 Å². The zero-order valence-corrected chi connectivity index (χ0v) is 31.8. The van der Waals surface area contributed by atoms with Gasteiger partial charge in [-0.05, 0) is 146 Å². The van der Waals surface area contributed by atoms with Crippen molar-refractivity contribution in [3.63, 3.8) is 0 Å². The second-order valence-corrected chi connectivity index (χ2v) is 14.1. The third kappa shape index (κ3) is 9.35. The van der Waals surface area contributed by atoms with Crippen LogP contribution in [0.2, 0.25) is 0 Å². The van der Waals surface area contributed by atoms with Crippen molar-refractivity contribution in [1.82, 2.24) is 10.3 Å². The van der Waals surface area contributed by atoms with Crippen LogP contribution in [0.1, 0.15) is 60.4 Å². The number of carboxylic acids is 1. The van der Waals surface area contributed by atoms with E-state index in [1.54, 1.807) is 43.5 Å². The lowest BCUT2D eigenvalue weighted by atomic mass is 9.89. The van der Waals surface area contributed by atoms with Gasteiger partial charge in [-0.3, -0.25) is 9.78 Å². The Kier molecular flexibility index (Phi) is 13.8. The number of phenolic OH excluding ortho intramolecular Hbond substituents is 2. The number of aromatic carboxylic acids is 1. The topological polar surface area (TPSA) is 180 Å². The number of amides is 1. The molecular weight excluding hydrogens is 1010 g/mol. The molecule has 0 saturated heterocycles. The standard InChI is InChI=1S/C15H19N3O3.2C7H3I2NO/c1-5-9-6-10(13(19)20)11(16-7-9)12-17-14(21)15(4,18-12)8(2)3;2*8-5-1-4(3-10)2-6(9)7(5)11/h6-8H,5H2,1-4H3,(H,19,20)(H,17,18,21);2*1-2,11H. The average Bonchev–Trinajstić information content (AvgIpc) is 3.29. The normalized spacial score (nSPS) is 15.1. The van der Waals surface area contributed by atoms with Crippen LogP contribution in [0.4, 0.5) is 0 Å². The Hall–Kier alpha value is -2.30. The summed E-state index contributed by atoms with van der Waals surface area (Å²) in [4.78, 5) is 32.1. The molecule has 0 spiro atoms. The van der Waals surface area contributed by atoms with Crippen molar-refractivity contribution in [1.29, 1.82) is 10.5 Å². The van der Waals surface area contributed by atoms with Gasteiger partial charge in [0.15, 0.2) is 5.84 Å². The van der Waals surface area contributed by atoms with Crippen LogP contribution in [0.5, 0.6) is 11.5 Å². The van der Waals surface area contributed by atoms with Crippen LogP contribution in [0, 0.1) is 42.9 Å². The third-order valence-corrected chi connectivity index (χ3v) is 9.55. The molecule has 0 aliphatic carbocycles. The largest absolute Gasteiger partial charge is 0.506 e. The van der Waals surface area contributed by atoms with E-state index in [1.165, 1.54) is 0 Å². The summed E-state index contributed by atoms with van der Waals surface area (Å²) in [6, 6.07) is 12.2. The number of phenols is 2. The molecule has 2 heterocycles. The molecule has 43 heavy (non-hydrogen) atoms. The van der Waals surface area contributed by atoms with E-state index in [9.17, 15) is 24.9 Å². The zero-order valence-electron chi connectivity index (χ0n) is 23.2. The number of nitrogens with zero attached hydrogens (tertiary/aromatic N) is 4. The molecule has 1 atom stereocenters. The fourth-order valence-corrected chi connectivity index (χ4v) is 6.90. The highest BCUT2D eigenvalue weighted by atomic mass is 127. The lowest BCUT2D eigenvalue weighted by Crippen LogP contribution is -2.41. The van der Waals surface area contributed by atoms with E-state index in [2.05, 4.69) is 15.3 Å². The molecule has 1 aliphatic heterocycles. The molecule has 1 amide bonds. The Balaban J connectivity index is 0.000000247. The maximum Gasteiger partial charge on any atom is 0.338 e. The molecule has 4 N–H and O–H groups in total. The molecule has 224 valence electrons. The summed E-state index contributed by atoms with van der Waals surface area (Å²) in [7, 11) is 0. The van der Waals surface area contributed by atoms with Crippen molar-refractivity contribution in [3.05, 3.63) is 78.8 Å². The fraction of sp³-hybridized carbons (Fsp3) is 0.241. The molecule has 4 rings (SSSR count). The first kappa shape index (κ1) is 36.9. The van der Waals surface area contributed by atoms with E-state index >= 15 is 0 Å². The van der Waals surface area contributed by atoms with Crippen LogP contribution in [-0.4, -0.2) is 43.6 Å². The van der Waals surface area contributed by atoms with Gasteiger partial charge in [0.2, 0.25) is 0 Å². The van der Waals surface area contributed by atoms with Crippen LogP contribution in [0.3, 0.4) is 0 Å². The minimum Gasteiger partial charge on any atom is -0.506 e. The van der Waals surface area contributed by atoms with Gasteiger partial charge in [0.05, 0.1) is 43.1 Å². The van der Waals surface area contributed by atoms with Gasteiger partial charge in [0, 0.05) is 6.20 Å². The molecule has 1 aliphatic rings. The number of hydrogen-bond donors (Lipinski definition) is 4. The Morgan fingerprint density at radius 1 is 0.953 bits per heavy atom. The monoisotopic (exact) mass is 1030 g/mol. The van der Waals surface area contributed by atoms with Crippen LogP contribution >= 0.6 is 90.4 Å². The highest BCUT2D eigenvalue weighted by Gasteiger charge is 2.43. The summed E-state index contributed by atoms with van der Waals surface area (Å²) in [5.41, 5.74) is 1.36. The lowest BCUT2D eigenvalue weighted by molar-refractivity contribution is -0.124. The summed E-state index contributed by atoms with van der Waals surface area (Å²) in [6.45, 7) is 7.46. The van der Waals surface area contributed by atoms with Gasteiger partial charge in [-0.15, -0.1) is 0 Å². The van der Waals surface area contributed by atoms with Gasteiger partial charge < -0.3 is 20.6 Å². The number of aromatic hydroxyl groups is 2. The number of carbonyl (C=O) groups excluding carboxylic acids is 1. The van der Waals surface area contributed by atoms with Crippen LogP contribution in [0.15, 0.2) is 41.5 Å². The Bertz CT molecular complexity index is 1570. The van der Waals surface area contributed by atoms with E-state index in [-0.39, 0.29) is 40.4 Å². The highest BCUT2D eigenvalue weighted by molar-refractivity contribution is 14.1. The zero-order chi connectivity index (χ0) is 32.6. The number of nitriles is 2. The van der Waals surface area contributed by atoms with Crippen molar-refractivity contribution in [2.45, 2.75) is 39.7 Å². The number of carboxylic acid groups (broad SMARTS) is 1. The highest BCUT2D eigenvalue weighted by Crippen LogP contribution is 2.29. The summed E-state index contributed by atoms with van der Waals surface area (Å²) in [5.74, 6) is -0.571. The van der Waals surface area contributed by atoms with Gasteiger partial charge in [-0.1, -0.05) is 20.8 Å². The summed E-state index contributed by atoms with van der Waals surface area (Å²) in [5, 5.41) is 47.7. The average molecular weight is 1030 g/mol. The first-order valence-electron chi connectivity index (χ1n) is 12.4. The van der Waals surface area contributed by atoms with Gasteiger partial charge in [-0.2, -0.15) is 10.5 Å². The van der Waals surface area contributed by atoms with Crippen molar-refractivity contribution in [2.24, 2.45) is 10.9 Å². The molecule has 1 unspecified atom stereocenters. The number of aliphatic imine (C=N–C) groups is 1. The van der Waals surface area contributed by atoms with Crippen molar-refractivity contribution < 1.29 is 24.9 Å². The number of amidine groups is 1. The molecule has 14 heteroatoms. The van der Waals surface area contributed by atoms with E-state index in [4.69, 9.17) is 10.5 Å². The van der Waals surface area contributed by atoms with E-state index in [1.807, 2.05) is 123 Å². The van der Waals surface area contributed by atoms with E-state index in [0.29, 0.717) is 31.8 Å². The summed E-state index contributed by atoms with van der Waals surface area (Å²) in [6.07, 6.45) is 2.30. The van der Waals surface area contributed by atoms with E-state index in [0.717, 1.165) is 5.56 Å². The predicted molar refractivity (Wildman–Crippen MR) is 195 cm³/mol. The van der Waals surface area contributed by atoms with Crippen LogP contribution < -0.4 is 5.32 Å². The number of hydrogen-bond acceptors (Lipinski definition) is 8. The molecular formula is C29H25I4N5O5. The summed E-state index contributed by atoms with van der Waals surface area (Å²) < 4.78 is 2.86. The second kappa shape index (κ2) is 16.1. The predicted octanol–water partition coefficient (Wildman–Crippen LogP) is 6.58. The molecule has 10 nitrogen and oxygen atoms in total. The smallest absolute Gasteiger partial charge is 0.338 e. The second-order valence-electron chi connectivity index (χ2n) is 9.42. The van der Waals surface area contributed by atoms with Crippen molar-refractivity contribution in [2.75, 3.05) is 0 Å². The first-order chi connectivity index (χ1) is 20.1. The molecule has 2 aromatic carbocycles. The quantitative estimate of drug-likeness (QED) is 0.212. The number of aryl methyl sites for hydroxylation is 1. The molecule has 0 bridgehead atoms. The Morgan fingerprint density at radius 2 is 1.40 bits per heavy atom. The summed E-state index contributed by atoms with van der Waals surface area (Å²) >= 11 is 7.97. The third-order valence-electron chi connectivity index (χ3n) is 6.26. The Morgan fingerprint density at radius 3 is 1.72 bits per heavy atom. The fourth-order valence-electron chi connectivity index (χ4n) is 3.36. The number of carbonyl (C=O) groups is 2. The number of rotatable bonds is 4. The molecule has 0 radical (unpaired) electrons. The maximum absolute atomic E-state index is 12.1. The number of pyridine rings is 1.